The molecule has 0 radical (unpaired) electrons. The molecule has 1 aliphatic carbocycles. The number of nitrogens with zero attached hydrogens (tertiary/aromatic N) is 4. The lowest BCUT2D eigenvalue weighted by atomic mass is 9.77. The van der Waals surface area contributed by atoms with Gasteiger partial charge in [-0.25, -0.2) is 4.79 Å². The zero-order valence-corrected chi connectivity index (χ0v) is 20.3. The third-order valence-electron chi connectivity index (χ3n) is 7.10. The number of hydrogen-bond donors (Lipinski definition) is 0. The van der Waals surface area contributed by atoms with E-state index in [4.69, 9.17) is 9.84 Å². The van der Waals surface area contributed by atoms with Crippen LogP contribution >= 0.6 is 0 Å². The summed E-state index contributed by atoms with van der Waals surface area (Å²) in [6.07, 6.45) is 3.52. The van der Waals surface area contributed by atoms with Crippen LogP contribution in [-0.4, -0.2) is 32.6 Å². The predicted octanol–water partition coefficient (Wildman–Crippen LogP) is 5.01. The van der Waals surface area contributed by atoms with Gasteiger partial charge in [0.1, 0.15) is 5.54 Å². The van der Waals surface area contributed by atoms with Crippen LogP contribution in [-0.2, 0) is 30.2 Å². The van der Waals surface area contributed by atoms with Gasteiger partial charge in [0, 0.05) is 24.4 Å². The van der Waals surface area contributed by atoms with Crippen molar-refractivity contribution in [2.45, 2.75) is 18.4 Å². The molecule has 0 aliphatic heterocycles. The first kappa shape index (κ1) is 22.0. The summed E-state index contributed by atoms with van der Waals surface area (Å²) in [5.74, 6) is -0.408. The van der Waals surface area contributed by atoms with E-state index in [1.807, 2.05) is 25.2 Å². The highest BCUT2D eigenvalue weighted by Gasteiger charge is 2.41. The molecule has 6 nitrogen and oxygen atoms in total. The number of ether oxygens (including phenoxy) is 1. The van der Waals surface area contributed by atoms with Gasteiger partial charge in [-0.1, -0.05) is 91.0 Å². The number of hydrogen-bond acceptors (Lipinski definition) is 4. The summed E-state index contributed by atoms with van der Waals surface area (Å²) in [7, 11) is 3.26. The van der Waals surface area contributed by atoms with E-state index in [0.717, 1.165) is 45.6 Å². The Hall–Kier alpha value is -4.45. The minimum Gasteiger partial charge on any atom is -0.464 e. The Balaban J connectivity index is 1.66. The number of benzene rings is 3. The summed E-state index contributed by atoms with van der Waals surface area (Å²) >= 11 is 0. The fourth-order valence-corrected chi connectivity index (χ4v) is 5.54. The molecule has 0 unspecified atom stereocenters. The zero-order chi connectivity index (χ0) is 24.7. The first-order chi connectivity index (χ1) is 17.6. The molecule has 0 bridgehead atoms. The minimum absolute atomic E-state index is 0.383. The molecule has 0 fully saturated rings. The molecule has 0 saturated heterocycles. The number of carbonyl (C=O) groups excluding carboxylic acids is 1. The third kappa shape index (κ3) is 3.22. The largest absolute Gasteiger partial charge is 0.464 e. The highest BCUT2D eigenvalue weighted by atomic mass is 16.5. The maximum atomic E-state index is 12.4. The van der Waals surface area contributed by atoms with Crippen LogP contribution in [0.15, 0.2) is 97.2 Å². The van der Waals surface area contributed by atoms with Crippen LogP contribution in [0.3, 0.4) is 0 Å². The lowest BCUT2D eigenvalue weighted by Crippen LogP contribution is -2.38. The highest BCUT2D eigenvalue weighted by Crippen LogP contribution is 2.43. The van der Waals surface area contributed by atoms with Crippen molar-refractivity contribution in [3.8, 4) is 11.3 Å². The van der Waals surface area contributed by atoms with Crippen LogP contribution in [0, 0.1) is 0 Å². The van der Waals surface area contributed by atoms with Crippen molar-refractivity contribution in [1.29, 1.82) is 0 Å². The fraction of sp³-hybridized carbons (Fsp3) is 0.167. The average molecular weight is 475 g/mol. The Morgan fingerprint density at radius 3 is 1.83 bits per heavy atom. The number of esters is 1. The van der Waals surface area contributed by atoms with Crippen molar-refractivity contribution in [1.82, 2.24) is 19.6 Å². The number of aromatic nitrogens is 4. The van der Waals surface area contributed by atoms with E-state index in [0.29, 0.717) is 12.1 Å². The normalized spacial score (nSPS) is 12.6. The number of rotatable bonds is 5. The van der Waals surface area contributed by atoms with Crippen molar-refractivity contribution in [3.05, 3.63) is 131 Å². The molecule has 0 amide bonds. The fourth-order valence-electron chi connectivity index (χ4n) is 5.54. The van der Waals surface area contributed by atoms with Crippen molar-refractivity contribution < 1.29 is 9.53 Å². The van der Waals surface area contributed by atoms with E-state index < -0.39 is 11.5 Å². The van der Waals surface area contributed by atoms with E-state index in [1.165, 1.54) is 7.11 Å². The smallest absolute Gasteiger partial charge is 0.358 e. The summed E-state index contributed by atoms with van der Waals surface area (Å²) in [5, 5.41) is 9.74. The monoisotopic (exact) mass is 474 g/mol. The van der Waals surface area contributed by atoms with Crippen molar-refractivity contribution in [3.63, 3.8) is 0 Å². The molecular weight excluding hydrogens is 448 g/mol. The predicted molar refractivity (Wildman–Crippen MR) is 138 cm³/mol. The Morgan fingerprint density at radius 2 is 1.33 bits per heavy atom. The second-order valence-corrected chi connectivity index (χ2v) is 9.03. The van der Waals surface area contributed by atoms with Gasteiger partial charge in [0.25, 0.3) is 0 Å². The van der Waals surface area contributed by atoms with Gasteiger partial charge in [-0.05, 0) is 29.5 Å². The molecule has 1 aliphatic rings. The summed E-state index contributed by atoms with van der Waals surface area (Å²) < 4.78 is 8.87. The maximum Gasteiger partial charge on any atom is 0.358 e. The summed E-state index contributed by atoms with van der Waals surface area (Å²) in [6.45, 7) is 0. The summed E-state index contributed by atoms with van der Waals surface area (Å²) in [5.41, 5.74) is 6.86. The molecule has 0 spiro atoms. The lowest BCUT2D eigenvalue weighted by molar-refractivity contribution is 0.0592. The molecule has 6 heteroatoms. The topological polar surface area (TPSA) is 61.9 Å². The number of methoxy groups -OCH3 is 1. The Bertz CT molecular complexity index is 1440. The van der Waals surface area contributed by atoms with Crippen molar-refractivity contribution in [2.24, 2.45) is 7.05 Å². The van der Waals surface area contributed by atoms with Crippen LogP contribution < -0.4 is 0 Å². The molecule has 2 aromatic heterocycles. The standard InChI is InChI=1S/C30H26N4O2/c1-33-28-24(27(32-33)29(35)36-2)18-19-26-25(28)20-34(31-26)30(21-12-6-3-7-13-21,22-14-8-4-9-15-22)23-16-10-5-11-17-23/h3-17,20H,18-19H2,1-2H3. The van der Waals surface area contributed by atoms with Crippen LogP contribution in [0.2, 0.25) is 0 Å². The van der Waals surface area contributed by atoms with Gasteiger partial charge >= 0.3 is 5.97 Å². The highest BCUT2D eigenvalue weighted by molar-refractivity contribution is 5.91. The van der Waals surface area contributed by atoms with Gasteiger partial charge in [-0.2, -0.15) is 10.2 Å². The maximum absolute atomic E-state index is 12.4. The number of carbonyl (C=O) groups is 1. The van der Waals surface area contributed by atoms with E-state index in [-0.39, 0.29) is 0 Å². The van der Waals surface area contributed by atoms with Crippen LogP contribution in [0.25, 0.3) is 11.3 Å². The van der Waals surface area contributed by atoms with Crippen LogP contribution in [0.1, 0.15) is 38.4 Å². The molecule has 0 N–H and O–H groups in total. The van der Waals surface area contributed by atoms with Crippen LogP contribution in [0.5, 0.6) is 0 Å². The Labute approximate surface area is 209 Å². The van der Waals surface area contributed by atoms with E-state index in [1.54, 1.807) is 4.68 Å². The molecule has 36 heavy (non-hydrogen) atoms. The Kier molecular flexibility index (Phi) is 5.29. The first-order valence-electron chi connectivity index (χ1n) is 12.0. The number of aryl methyl sites for hydroxylation is 2. The van der Waals surface area contributed by atoms with E-state index >= 15 is 0 Å². The molecule has 0 atom stereocenters. The second kappa shape index (κ2) is 8.64. The van der Waals surface area contributed by atoms with E-state index in [9.17, 15) is 4.79 Å². The molecule has 2 heterocycles. The molecule has 6 rings (SSSR count). The van der Waals surface area contributed by atoms with Gasteiger partial charge in [0.05, 0.1) is 18.5 Å². The minimum atomic E-state index is -0.689. The quantitative estimate of drug-likeness (QED) is 0.265. The summed E-state index contributed by atoms with van der Waals surface area (Å²) in [4.78, 5) is 12.4. The molecule has 178 valence electrons. The van der Waals surface area contributed by atoms with E-state index in [2.05, 4.69) is 88.8 Å². The SMILES string of the molecule is COC(=O)c1nn(C)c2c1CCc1nn(C(c3ccccc3)(c3ccccc3)c3ccccc3)cc1-2. The molecule has 0 saturated carbocycles. The zero-order valence-electron chi connectivity index (χ0n) is 20.3. The van der Waals surface area contributed by atoms with Crippen molar-refractivity contribution in [2.75, 3.05) is 7.11 Å². The summed E-state index contributed by atoms with van der Waals surface area (Å²) in [6, 6.07) is 31.5. The van der Waals surface area contributed by atoms with Gasteiger partial charge in [0.15, 0.2) is 5.69 Å². The van der Waals surface area contributed by atoms with Gasteiger partial charge in [-0.3, -0.25) is 9.36 Å². The van der Waals surface area contributed by atoms with Gasteiger partial charge < -0.3 is 4.74 Å². The van der Waals surface area contributed by atoms with Gasteiger partial charge in [0.2, 0.25) is 0 Å². The average Bonchev–Trinajstić information content (AvgIpc) is 3.52. The third-order valence-corrected chi connectivity index (χ3v) is 7.10. The number of fused-ring (bicyclic) bond motifs is 3. The van der Waals surface area contributed by atoms with Crippen LogP contribution in [0.4, 0.5) is 0 Å². The molecular formula is C30H26N4O2. The first-order valence-corrected chi connectivity index (χ1v) is 12.0. The van der Waals surface area contributed by atoms with Crippen molar-refractivity contribution >= 4 is 5.97 Å². The molecule has 3 aromatic carbocycles. The second-order valence-electron chi connectivity index (χ2n) is 9.03. The molecule has 5 aromatic rings. The van der Waals surface area contributed by atoms with Gasteiger partial charge in [-0.15, -0.1) is 0 Å². The Morgan fingerprint density at radius 1 is 0.806 bits per heavy atom. The lowest BCUT2D eigenvalue weighted by Gasteiger charge is -2.36.